The monoisotopic (exact) mass is 497 g/mol. The summed E-state index contributed by atoms with van der Waals surface area (Å²) in [6.07, 6.45) is 0. The zero-order valence-corrected chi connectivity index (χ0v) is 18.8. The van der Waals surface area contributed by atoms with Gasteiger partial charge in [0, 0.05) is 10.5 Å². The van der Waals surface area contributed by atoms with Crippen LogP contribution in [0, 0.1) is 17.0 Å². The van der Waals surface area contributed by atoms with Crippen molar-refractivity contribution in [1.82, 2.24) is 0 Å². The SMILES string of the molecule is Cc1c(-c2ccc(Br)c3ccccc23)ccc([N+](=O)[O-])c1-c1ccc(P(=O)(O)O)cc1. The third kappa shape index (κ3) is 3.93. The van der Waals surface area contributed by atoms with Crippen LogP contribution in [0.15, 0.2) is 77.3 Å². The molecule has 0 fully saturated rings. The summed E-state index contributed by atoms with van der Waals surface area (Å²) in [5.74, 6) is 0. The number of nitro groups is 1. The van der Waals surface area contributed by atoms with E-state index in [1.54, 1.807) is 6.07 Å². The lowest BCUT2D eigenvalue weighted by Crippen LogP contribution is -2.03. The number of benzene rings is 4. The topological polar surface area (TPSA) is 101 Å². The Hall–Kier alpha value is -2.83. The molecule has 0 aliphatic carbocycles. The summed E-state index contributed by atoms with van der Waals surface area (Å²) in [6, 6.07) is 20.7. The molecule has 4 rings (SSSR count). The van der Waals surface area contributed by atoms with E-state index < -0.39 is 12.5 Å². The standard InChI is InChI=1S/C23H17BrNO5P/c1-14-17(19-10-12-21(24)20-5-3-2-4-18(19)20)11-13-22(25(26)27)23(14)15-6-8-16(9-7-15)31(28,29)30/h2-13H,1H3,(H2,28,29,30). The maximum atomic E-state index is 11.8. The summed E-state index contributed by atoms with van der Waals surface area (Å²) in [6.45, 7) is 1.82. The van der Waals surface area contributed by atoms with Gasteiger partial charge in [-0.05, 0) is 64.2 Å². The minimum absolute atomic E-state index is 0.0633. The molecular formula is C23H17BrNO5P. The summed E-state index contributed by atoms with van der Waals surface area (Å²) in [5, 5.41) is 13.7. The Bertz CT molecular complexity index is 1380. The van der Waals surface area contributed by atoms with E-state index >= 15 is 0 Å². The lowest BCUT2D eigenvalue weighted by atomic mass is 9.89. The van der Waals surface area contributed by atoms with Crippen LogP contribution in [0.25, 0.3) is 33.0 Å². The Morgan fingerprint density at radius 3 is 2.10 bits per heavy atom. The average molecular weight is 498 g/mol. The second-order valence-corrected chi connectivity index (χ2v) is 9.58. The highest BCUT2D eigenvalue weighted by atomic mass is 79.9. The Labute approximate surface area is 186 Å². The molecule has 0 atom stereocenters. The molecule has 31 heavy (non-hydrogen) atoms. The fourth-order valence-corrected chi connectivity index (χ4v) is 4.84. The van der Waals surface area contributed by atoms with Crippen molar-refractivity contribution in [1.29, 1.82) is 0 Å². The highest BCUT2D eigenvalue weighted by Crippen LogP contribution is 2.42. The predicted octanol–water partition coefficient (Wildman–Crippen LogP) is 5.96. The van der Waals surface area contributed by atoms with Gasteiger partial charge in [0.2, 0.25) is 0 Å². The van der Waals surface area contributed by atoms with Crippen molar-refractivity contribution >= 4 is 45.3 Å². The molecule has 0 saturated carbocycles. The number of halogens is 1. The molecule has 0 unspecified atom stereocenters. The van der Waals surface area contributed by atoms with E-state index in [1.807, 2.05) is 43.3 Å². The molecule has 156 valence electrons. The molecule has 0 amide bonds. The van der Waals surface area contributed by atoms with Crippen molar-refractivity contribution in [2.24, 2.45) is 0 Å². The first-order valence-corrected chi connectivity index (χ1v) is 11.7. The molecule has 0 aromatic heterocycles. The van der Waals surface area contributed by atoms with Gasteiger partial charge in [-0.25, -0.2) is 0 Å². The van der Waals surface area contributed by atoms with Crippen LogP contribution in [-0.4, -0.2) is 14.7 Å². The molecule has 0 aliphatic rings. The van der Waals surface area contributed by atoms with Crippen molar-refractivity contribution in [2.45, 2.75) is 6.92 Å². The number of nitro benzene ring substituents is 1. The van der Waals surface area contributed by atoms with Crippen LogP contribution in [-0.2, 0) is 4.57 Å². The van der Waals surface area contributed by atoms with Crippen molar-refractivity contribution in [2.75, 3.05) is 0 Å². The van der Waals surface area contributed by atoms with E-state index in [0.717, 1.165) is 26.4 Å². The van der Waals surface area contributed by atoms with E-state index in [4.69, 9.17) is 0 Å². The van der Waals surface area contributed by atoms with Crippen LogP contribution in [0.3, 0.4) is 0 Å². The van der Waals surface area contributed by atoms with Gasteiger partial charge in [0.1, 0.15) is 0 Å². The zero-order chi connectivity index (χ0) is 22.3. The molecule has 0 heterocycles. The van der Waals surface area contributed by atoms with Crippen LogP contribution in [0.2, 0.25) is 0 Å². The molecule has 0 bridgehead atoms. The summed E-state index contributed by atoms with van der Waals surface area (Å²) in [4.78, 5) is 30.0. The fourth-order valence-electron chi connectivity index (χ4n) is 3.83. The van der Waals surface area contributed by atoms with Crippen LogP contribution in [0.1, 0.15) is 5.56 Å². The maximum Gasteiger partial charge on any atom is 0.356 e. The number of nitrogens with zero attached hydrogens (tertiary/aromatic N) is 1. The Morgan fingerprint density at radius 2 is 1.48 bits per heavy atom. The van der Waals surface area contributed by atoms with Gasteiger partial charge in [0.15, 0.2) is 0 Å². The molecule has 2 N–H and O–H groups in total. The molecule has 0 radical (unpaired) electrons. The summed E-state index contributed by atoms with van der Waals surface area (Å²) < 4.78 is 12.5. The van der Waals surface area contributed by atoms with E-state index in [9.17, 15) is 24.5 Å². The number of fused-ring (bicyclic) bond motifs is 1. The molecular weight excluding hydrogens is 481 g/mol. The predicted molar refractivity (Wildman–Crippen MR) is 126 cm³/mol. The molecule has 4 aromatic rings. The van der Waals surface area contributed by atoms with Gasteiger partial charge in [-0.1, -0.05) is 58.4 Å². The summed E-state index contributed by atoms with van der Waals surface area (Å²) >= 11 is 3.57. The largest absolute Gasteiger partial charge is 0.356 e. The molecule has 0 spiro atoms. The molecule has 4 aromatic carbocycles. The third-order valence-corrected chi connectivity index (χ3v) is 6.96. The average Bonchev–Trinajstić information content (AvgIpc) is 2.74. The third-order valence-electron chi connectivity index (χ3n) is 5.29. The fraction of sp³-hybridized carbons (Fsp3) is 0.0435. The minimum atomic E-state index is -4.40. The normalized spacial score (nSPS) is 11.6. The maximum absolute atomic E-state index is 11.8. The van der Waals surface area contributed by atoms with Gasteiger partial charge in [0.25, 0.3) is 5.69 Å². The highest BCUT2D eigenvalue weighted by Gasteiger charge is 2.23. The molecule has 0 saturated heterocycles. The first kappa shape index (κ1) is 21.4. The van der Waals surface area contributed by atoms with Crippen LogP contribution in [0.4, 0.5) is 5.69 Å². The minimum Gasteiger partial charge on any atom is -0.321 e. The van der Waals surface area contributed by atoms with Crippen molar-refractivity contribution in [3.8, 4) is 22.3 Å². The second kappa shape index (κ2) is 8.02. The molecule has 8 heteroatoms. The van der Waals surface area contributed by atoms with Gasteiger partial charge >= 0.3 is 7.60 Å². The van der Waals surface area contributed by atoms with Gasteiger partial charge in [-0.15, -0.1) is 0 Å². The molecule has 6 nitrogen and oxygen atoms in total. The van der Waals surface area contributed by atoms with Gasteiger partial charge < -0.3 is 9.79 Å². The zero-order valence-electron chi connectivity index (χ0n) is 16.3. The van der Waals surface area contributed by atoms with Crippen LogP contribution >= 0.6 is 23.5 Å². The Morgan fingerprint density at radius 1 is 0.871 bits per heavy atom. The lowest BCUT2D eigenvalue weighted by Gasteiger charge is -2.15. The highest BCUT2D eigenvalue weighted by molar-refractivity contribution is 9.10. The summed E-state index contributed by atoms with van der Waals surface area (Å²) in [5.41, 5.74) is 3.39. The summed E-state index contributed by atoms with van der Waals surface area (Å²) in [7, 11) is -4.40. The Balaban J connectivity index is 1.98. The van der Waals surface area contributed by atoms with E-state index in [0.29, 0.717) is 16.7 Å². The second-order valence-electron chi connectivity index (χ2n) is 7.12. The lowest BCUT2D eigenvalue weighted by molar-refractivity contribution is -0.384. The van der Waals surface area contributed by atoms with Crippen molar-refractivity contribution < 1.29 is 19.3 Å². The van der Waals surface area contributed by atoms with E-state index in [-0.39, 0.29) is 11.0 Å². The van der Waals surface area contributed by atoms with Crippen molar-refractivity contribution in [3.05, 3.63) is 92.9 Å². The van der Waals surface area contributed by atoms with E-state index in [1.165, 1.54) is 30.3 Å². The Kier molecular flexibility index (Phi) is 5.54. The first-order chi connectivity index (χ1) is 14.7. The van der Waals surface area contributed by atoms with Gasteiger partial charge in [-0.3, -0.25) is 14.7 Å². The number of hydrogen-bond acceptors (Lipinski definition) is 3. The van der Waals surface area contributed by atoms with Gasteiger partial charge in [0.05, 0.1) is 15.8 Å². The van der Waals surface area contributed by atoms with Crippen molar-refractivity contribution in [3.63, 3.8) is 0 Å². The van der Waals surface area contributed by atoms with Gasteiger partial charge in [-0.2, -0.15) is 0 Å². The quantitative estimate of drug-likeness (QED) is 0.206. The molecule has 0 aliphatic heterocycles. The smallest absolute Gasteiger partial charge is 0.321 e. The van der Waals surface area contributed by atoms with Crippen LogP contribution in [0.5, 0.6) is 0 Å². The van der Waals surface area contributed by atoms with Crippen LogP contribution < -0.4 is 5.30 Å². The number of hydrogen-bond donors (Lipinski definition) is 2. The number of rotatable bonds is 4. The van der Waals surface area contributed by atoms with E-state index in [2.05, 4.69) is 15.9 Å². The first-order valence-electron chi connectivity index (χ1n) is 9.30.